The number of hydrogen-bond donors (Lipinski definition) is 2. The van der Waals surface area contributed by atoms with Gasteiger partial charge in [-0.2, -0.15) is 5.10 Å². The smallest absolute Gasteiger partial charge is 0.319 e. The Kier molecular flexibility index (Phi) is 3.65. The van der Waals surface area contributed by atoms with E-state index in [9.17, 15) is 4.79 Å². The molecular weight excluding hydrogens is 256 g/mol. The van der Waals surface area contributed by atoms with Crippen molar-refractivity contribution in [3.8, 4) is 0 Å². The monoisotopic (exact) mass is 278 g/mol. The van der Waals surface area contributed by atoms with Gasteiger partial charge in [0.15, 0.2) is 0 Å². The zero-order valence-electron chi connectivity index (χ0n) is 12.1. The zero-order valence-corrected chi connectivity index (χ0v) is 12.1. The maximum absolute atomic E-state index is 12.1. The summed E-state index contributed by atoms with van der Waals surface area (Å²) in [5.41, 5.74) is 1.69. The van der Waals surface area contributed by atoms with E-state index < -0.39 is 0 Å². The molecule has 2 N–H and O–H groups in total. The van der Waals surface area contributed by atoms with Crippen molar-refractivity contribution in [2.24, 2.45) is 13.0 Å². The van der Waals surface area contributed by atoms with Crippen LogP contribution in [0.25, 0.3) is 0 Å². The molecule has 0 unspecified atom stereocenters. The molecular formula is C14H22N4O2. The Morgan fingerprint density at radius 2 is 2.30 bits per heavy atom. The Balaban J connectivity index is 1.58. The number of aryl methyl sites for hydroxylation is 2. The maximum Gasteiger partial charge on any atom is 0.319 e. The highest BCUT2D eigenvalue weighted by Crippen LogP contribution is 2.38. The fourth-order valence-electron chi connectivity index (χ4n) is 2.88. The van der Waals surface area contributed by atoms with Gasteiger partial charge in [0.05, 0.1) is 23.5 Å². The number of anilines is 1. The summed E-state index contributed by atoms with van der Waals surface area (Å²) in [6, 6.07) is -0.0157. The second-order valence-corrected chi connectivity index (χ2v) is 5.68. The minimum absolute atomic E-state index is 0.143. The van der Waals surface area contributed by atoms with Gasteiger partial charge in [0.25, 0.3) is 0 Å². The summed E-state index contributed by atoms with van der Waals surface area (Å²) < 4.78 is 7.45. The van der Waals surface area contributed by atoms with Gasteiger partial charge in [0.1, 0.15) is 0 Å². The number of urea groups is 1. The van der Waals surface area contributed by atoms with Gasteiger partial charge >= 0.3 is 6.03 Å². The molecule has 0 spiro atoms. The number of rotatable bonds is 4. The molecule has 2 atom stereocenters. The van der Waals surface area contributed by atoms with Crippen LogP contribution in [0.1, 0.15) is 31.9 Å². The number of carbonyl (C=O) groups excluding carboxylic acids is 1. The molecule has 6 nitrogen and oxygen atoms in total. The van der Waals surface area contributed by atoms with E-state index in [0.717, 1.165) is 30.8 Å². The fourth-order valence-corrected chi connectivity index (χ4v) is 2.88. The predicted molar refractivity (Wildman–Crippen MR) is 75.6 cm³/mol. The third-order valence-corrected chi connectivity index (χ3v) is 4.03. The average Bonchev–Trinajstić information content (AvgIpc) is 3.05. The van der Waals surface area contributed by atoms with Gasteiger partial charge in [-0.3, -0.25) is 4.68 Å². The molecule has 2 heterocycles. The molecule has 0 radical (unpaired) electrons. The Morgan fingerprint density at radius 3 is 3.00 bits per heavy atom. The van der Waals surface area contributed by atoms with Gasteiger partial charge < -0.3 is 15.4 Å². The summed E-state index contributed by atoms with van der Waals surface area (Å²) in [6.45, 7) is 2.78. The summed E-state index contributed by atoms with van der Waals surface area (Å²) in [6.07, 6.45) is 6.21. The van der Waals surface area contributed by atoms with Crippen molar-refractivity contribution >= 4 is 11.7 Å². The van der Waals surface area contributed by atoms with Crippen molar-refractivity contribution in [3.63, 3.8) is 0 Å². The standard InChI is InChI=1S/C14H22N4O2/c1-3-10-12(8-18(2)17-10)16-14(19)15-11-6-7-20-13(11)9-4-5-9/h8-9,11,13H,3-7H2,1-2H3,(H2,15,16,19)/t11-,13+/m0/s1. The van der Waals surface area contributed by atoms with E-state index in [1.54, 1.807) is 4.68 Å². The Morgan fingerprint density at radius 1 is 1.50 bits per heavy atom. The Bertz CT molecular complexity index is 495. The van der Waals surface area contributed by atoms with Crippen molar-refractivity contribution in [2.75, 3.05) is 11.9 Å². The first-order valence-electron chi connectivity index (χ1n) is 7.39. The molecule has 0 aromatic carbocycles. The largest absolute Gasteiger partial charge is 0.376 e. The molecule has 20 heavy (non-hydrogen) atoms. The number of hydrogen-bond acceptors (Lipinski definition) is 3. The van der Waals surface area contributed by atoms with E-state index in [4.69, 9.17) is 4.74 Å². The normalized spacial score (nSPS) is 25.7. The van der Waals surface area contributed by atoms with Gasteiger partial charge in [-0.25, -0.2) is 4.79 Å². The lowest BCUT2D eigenvalue weighted by atomic mass is 10.1. The van der Waals surface area contributed by atoms with Crippen LogP contribution in [0.15, 0.2) is 6.20 Å². The average molecular weight is 278 g/mol. The van der Waals surface area contributed by atoms with Crippen LogP contribution in [0.2, 0.25) is 0 Å². The molecule has 1 saturated heterocycles. The third-order valence-electron chi connectivity index (χ3n) is 4.03. The van der Waals surface area contributed by atoms with Crippen molar-refractivity contribution < 1.29 is 9.53 Å². The van der Waals surface area contributed by atoms with E-state index in [1.165, 1.54) is 12.8 Å². The minimum Gasteiger partial charge on any atom is -0.376 e. The lowest BCUT2D eigenvalue weighted by molar-refractivity contribution is 0.0829. The van der Waals surface area contributed by atoms with Gasteiger partial charge in [0, 0.05) is 19.9 Å². The SMILES string of the molecule is CCc1nn(C)cc1NC(=O)N[C@H]1CCO[C@@H]1C1CC1. The summed E-state index contributed by atoms with van der Waals surface area (Å²) in [7, 11) is 1.86. The van der Waals surface area contributed by atoms with Gasteiger partial charge in [-0.15, -0.1) is 0 Å². The van der Waals surface area contributed by atoms with Crippen LogP contribution in [0.5, 0.6) is 0 Å². The van der Waals surface area contributed by atoms with E-state index in [2.05, 4.69) is 15.7 Å². The highest BCUT2D eigenvalue weighted by atomic mass is 16.5. The molecule has 6 heteroatoms. The fraction of sp³-hybridized carbons (Fsp3) is 0.714. The van der Waals surface area contributed by atoms with Crippen molar-refractivity contribution in [1.29, 1.82) is 0 Å². The second-order valence-electron chi connectivity index (χ2n) is 5.68. The van der Waals surface area contributed by atoms with Crippen LogP contribution in [-0.2, 0) is 18.2 Å². The maximum atomic E-state index is 12.1. The Labute approximate surface area is 118 Å². The molecule has 1 aromatic heterocycles. The summed E-state index contributed by atoms with van der Waals surface area (Å²) in [4.78, 5) is 12.1. The number of ether oxygens (including phenoxy) is 1. The first-order valence-corrected chi connectivity index (χ1v) is 7.39. The molecule has 110 valence electrons. The Hall–Kier alpha value is -1.56. The minimum atomic E-state index is -0.158. The first-order chi connectivity index (χ1) is 9.67. The van der Waals surface area contributed by atoms with Crippen LogP contribution in [0.4, 0.5) is 10.5 Å². The van der Waals surface area contributed by atoms with E-state index in [-0.39, 0.29) is 18.2 Å². The number of nitrogens with one attached hydrogen (secondary N) is 2. The molecule has 1 saturated carbocycles. The molecule has 1 aliphatic heterocycles. The highest BCUT2D eigenvalue weighted by Gasteiger charge is 2.41. The quantitative estimate of drug-likeness (QED) is 0.880. The topological polar surface area (TPSA) is 68.2 Å². The summed E-state index contributed by atoms with van der Waals surface area (Å²) in [5, 5.41) is 10.3. The molecule has 3 rings (SSSR count). The molecule has 2 fully saturated rings. The lowest BCUT2D eigenvalue weighted by Gasteiger charge is -2.19. The van der Waals surface area contributed by atoms with E-state index in [0.29, 0.717) is 5.92 Å². The molecule has 1 aliphatic carbocycles. The lowest BCUT2D eigenvalue weighted by Crippen LogP contribution is -2.43. The number of carbonyl (C=O) groups is 1. The highest BCUT2D eigenvalue weighted by molar-refractivity contribution is 5.90. The zero-order chi connectivity index (χ0) is 14.1. The van der Waals surface area contributed by atoms with Crippen LogP contribution < -0.4 is 10.6 Å². The number of aromatic nitrogens is 2. The first kappa shape index (κ1) is 13.4. The van der Waals surface area contributed by atoms with Crippen molar-refractivity contribution in [2.45, 2.75) is 44.8 Å². The molecule has 1 aromatic rings. The second kappa shape index (κ2) is 5.44. The van der Waals surface area contributed by atoms with Crippen molar-refractivity contribution in [1.82, 2.24) is 15.1 Å². The molecule has 2 aliphatic rings. The summed E-state index contributed by atoms with van der Waals surface area (Å²) >= 11 is 0. The summed E-state index contributed by atoms with van der Waals surface area (Å²) in [5.74, 6) is 0.646. The van der Waals surface area contributed by atoms with Crippen LogP contribution in [-0.4, -0.2) is 34.6 Å². The third kappa shape index (κ3) is 2.80. The molecule has 2 amide bonds. The van der Waals surface area contributed by atoms with Crippen LogP contribution >= 0.6 is 0 Å². The molecule has 0 bridgehead atoms. The van der Waals surface area contributed by atoms with Gasteiger partial charge in [-0.1, -0.05) is 6.92 Å². The van der Waals surface area contributed by atoms with E-state index >= 15 is 0 Å². The number of amides is 2. The van der Waals surface area contributed by atoms with E-state index in [1.807, 2.05) is 20.2 Å². The van der Waals surface area contributed by atoms with Gasteiger partial charge in [0.2, 0.25) is 0 Å². The van der Waals surface area contributed by atoms with Crippen molar-refractivity contribution in [3.05, 3.63) is 11.9 Å². The van der Waals surface area contributed by atoms with Crippen LogP contribution in [0.3, 0.4) is 0 Å². The number of nitrogens with zero attached hydrogens (tertiary/aromatic N) is 2. The van der Waals surface area contributed by atoms with Crippen LogP contribution in [0, 0.1) is 5.92 Å². The van der Waals surface area contributed by atoms with Gasteiger partial charge in [-0.05, 0) is 31.6 Å². The predicted octanol–water partition coefficient (Wildman–Crippen LogP) is 1.67.